The highest BCUT2D eigenvalue weighted by Gasteiger charge is 2.58. The first-order chi connectivity index (χ1) is 19.5. The summed E-state index contributed by atoms with van der Waals surface area (Å²) in [6, 6.07) is 18.7. The molecule has 4 heterocycles. The summed E-state index contributed by atoms with van der Waals surface area (Å²) < 4.78 is 0. The Balaban J connectivity index is 1.08. The van der Waals surface area contributed by atoms with Gasteiger partial charge in [-0.1, -0.05) is 18.2 Å². The number of carbonyl (C=O) groups excluding carboxylic acids is 2. The SMILES string of the molecule is CCN1C(=O)N(C2CCN(c3cccc(C#N)c3)CC2)C(=O)C12CCN(Cc1ccc(N3CCCC3)cc1)CC2. The third kappa shape index (κ3) is 4.81. The smallest absolute Gasteiger partial charge is 0.327 e. The number of anilines is 2. The van der Waals surface area contributed by atoms with E-state index < -0.39 is 5.54 Å². The fourth-order valence-corrected chi connectivity index (χ4v) is 7.26. The van der Waals surface area contributed by atoms with Gasteiger partial charge in [0, 0.05) is 69.8 Å². The monoisotopic (exact) mass is 540 g/mol. The van der Waals surface area contributed by atoms with Crippen LogP contribution in [-0.2, 0) is 11.3 Å². The van der Waals surface area contributed by atoms with Gasteiger partial charge in [-0.25, -0.2) is 4.79 Å². The Labute approximate surface area is 237 Å². The first-order valence-corrected chi connectivity index (χ1v) is 15.0. The highest BCUT2D eigenvalue weighted by atomic mass is 16.2. The van der Waals surface area contributed by atoms with Gasteiger partial charge in [0.05, 0.1) is 11.6 Å². The van der Waals surface area contributed by atoms with Crippen molar-refractivity contribution < 1.29 is 9.59 Å². The van der Waals surface area contributed by atoms with Crippen LogP contribution in [0.1, 0.15) is 56.6 Å². The summed E-state index contributed by atoms with van der Waals surface area (Å²) in [5, 5.41) is 9.25. The summed E-state index contributed by atoms with van der Waals surface area (Å²) >= 11 is 0. The van der Waals surface area contributed by atoms with Gasteiger partial charge >= 0.3 is 6.03 Å². The average molecular weight is 541 g/mol. The Bertz CT molecular complexity index is 1270. The molecule has 8 nitrogen and oxygen atoms in total. The van der Waals surface area contributed by atoms with Gasteiger partial charge in [-0.2, -0.15) is 5.26 Å². The van der Waals surface area contributed by atoms with Crippen LogP contribution >= 0.6 is 0 Å². The lowest BCUT2D eigenvalue weighted by Gasteiger charge is -2.42. The maximum absolute atomic E-state index is 14.0. The number of rotatable bonds is 6. The van der Waals surface area contributed by atoms with E-state index in [4.69, 9.17) is 0 Å². The third-order valence-corrected chi connectivity index (χ3v) is 9.55. The van der Waals surface area contributed by atoms with E-state index in [2.05, 4.69) is 45.0 Å². The molecule has 4 saturated heterocycles. The summed E-state index contributed by atoms with van der Waals surface area (Å²) in [7, 11) is 0. The van der Waals surface area contributed by atoms with Crippen molar-refractivity contribution in [1.29, 1.82) is 5.26 Å². The minimum atomic E-state index is -0.708. The van der Waals surface area contributed by atoms with Crippen LogP contribution in [0.15, 0.2) is 48.5 Å². The van der Waals surface area contributed by atoms with Crippen molar-refractivity contribution in [1.82, 2.24) is 14.7 Å². The summed E-state index contributed by atoms with van der Waals surface area (Å²) in [6.45, 7) is 8.88. The fourth-order valence-electron chi connectivity index (χ4n) is 7.26. The molecule has 0 aliphatic carbocycles. The number of urea groups is 1. The van der Waals surface area contributed by atoms with Gasteiger partial charge in [0.2, 0.25) is 0 Å². The molecule has 6 rings (SSSR count). The molecular weight excluding hydrogens is 500 g/mol. The molecule has 8 heteroatoms. The molecule has 4 aliphatic rings. The maximum Gasteiger partial charge on any atom is 0.327 e. The highest BCUT2D eigenvalue weighted by molar-refractivity contribution is 6.07. The van der Waals surface area contributed by atoms with E-state index in [1.54, 1.807) is 4.90 Å². The van der Waals surface area contributed by atoms with Crippen LogP contribution in [0.4, 0.5) is 16.2 Å². The van der Waals surface area contributed by atoms with E-state index in [0.717, 1.165) is 64.3 Å². The quantitative estimate of drug-likeness (QED) is 0.504. The molecule has 0 radical (unpaired) electrons. The number of likely N-dealkylation sites (tertiary alicyclic amines) is 1. The van der Waals surface area contributed by atoms with E-state index in [9.17, 15) is 14.9 Å². The molecule has 0 aromatic heterocycles. The molecule has 0 unspecified atom stereocenters. The van der Waals surface area contributed by atoms with E-state index in [1.165, 1.54) is 24.1 Å². The maximum atomic E-state index is 14.0. The number of nitriles is 1. The molecular formula is C32H40N6O2. The molecule has 0 saturated carbocycles. The number of benzene rings is 2. The average Bonchev–Trinajstić information content (AvgIpc) is 3.60. The number of hydrogen-bond donors (Lipinski definition) is 0. The van der Waals surface area contributed by atoms with Crippen molar-refractivity contribution in [2.75, 3.05) is 55.6 Å². The van der Waals surface area contributed by atoms with Gasteiger partial charge in [-0.3, -0.25) is 14.6 Å². The predicted molar refractivity (Wildman–Crippen MR) is 156 cm³/mol. The number of likely N-dealkylation sites (N-methyl/N-ethyl adjacent to an activating group) is 1. The van der Waals surface area contributed by atoms with Gasteiger partial charge in [0.15, 0.2) is 0 Å². The van der Waals surface area contributed by atoms with Crippen LogP contribution in [0.3, 0.4) is 0 Å². The molecule has 0 atom stereocenters. The summed E-state index contributed by atoms with van der Waals surface area (Å²) in [5.41, 5.74) is 3.58. The van der Waals surface area contributed by atoms with E-state index in [0.29, 0.717) is 24.9 Å². The highest BCUT2D eigenvalue weighted by Crippen LogP contribution is 2.40. The molecule has 4 aliphatic heterocycles. The largest absolute Gasteiger partial charge is 0.372 e. The lowest BCUT2D eigenvalue weighted by Crippen LogP contribution is -2.56. The Morgan fingerprint density at radius 1 is 0.875 bits per heavy atom. The van der Waals surface area contributed by atoms with Crippen molar-refractivity contribution in [3.8, 4) is 6.07 Å². The molecule has 3 amide bonds. The van der Waals surface area contributed by atoms with E-state index in [1.807, 2.05) is 36.1 Å². The molecule has 0 bridgehead atoms. The topological polar surface area (TPSA) is 74.1 Å². The number of nitrogens with zero attached hydrogens (tertiary/aromatic N) is 6. The lowest BCUT2D eigenvalue weighted by atomic mass is 9.85. The molecule has 40 heavy (non-hydrogen) atoms. The minimum absolute atomic E-state index is 0.0129. The van der Waals surface area contributed by atoms with Crippen molar-refractivity contribution in [3.63, 3.8) is 0 Å². The first kappa shape index (κ1) is 26.6. The number of piperidine rings is 2. The van der Waals surface area contributed by atoms with Crippen molar-refractivity contribution in [2.24, 2.45) is 0 Å². The first-order valence-electron chi connectivity index (χ1n) is 15.0. The second kappa shape index (κ2) is 11.1. The predicted octanol–water partition coefficient (Wildman–Crippen LogP) is 4.45. The molecule has 1 spiro atoms. The van der Waals surface area contributed by atoms with Gasteiger partial charge < -0.3 is 14.7 Å². The molecule has 2 aromatic rings. The summed E-state index contributed by atoms with van der Waals surface area (Å²) in [5.74, 6) is 0.0129. The zero-order valence-electron chi connectivity index (χ0n) is 23.6. The van der Waals surface area contributed by atoms with Crippen LogP contribution < -0.4 is 9.80 Å². The lowest BCUT2D eigenvalue weighted by molar-refractivity contribution is -0.137. The van der Waals surface area contributed by atoms with E-state index in [-0.39, 0.29) is 18.0 Å². The Morgan fingerprint density at radius 3 is 2.20 bits per heavy atom. The zero-order valence-corrected chi connectivity index (χ0v) is 23.6. The Kier molecular flexibility index (Phi) is 7.41. The van der Waals surface area contributed by atoms with Crippen molar-refractivity contribution in [2.45, 2.75) is 63.6 Å². The summed E-state index contributed by atoms with van der Waals surface area (Å²) in [4.78, 5) is 38.3. The molecule has 2 aromatic carbocycles. The van der Waals surface area contributed by atoms with Crippen LogP contribution in [0.2, 0.25) is 0 Å². The number of hydrogen-bond acceptors (Lipinski definition) is 6. The number of imide groups is 1. The van der Waals surface area contributed by atoms with Crippen LogP contribution in [-0.4, -0.2) is 84.0 Å². The van der Waals surface area contributed by atoms with Gasteiger partial charge in [-0.15, -0.1) is 0 Å². The number of amides is 3. The van der Waals surface area contributed by atoms with Crippen molar-refractivity contribution in [3.05, 3.63) is 59.7 Å². The zero-order chi connectivity index (χ0) is 27.7. The molecule has 4 fully saturated rings. The van der Waals surface area contributed by atoms with Crippen LogP contribution in [0.25, 0.3) is 0 Å². The minimum Gasteiger partial charge on any atom is -0.372 e. The van der Waals surface area contributed by atoms with Crippen molar-refractivity contribution >= 4 is 23.3 Å². The van der Waals surface area contributed by atoms with Gasteiger partial charge in [-0.05, 0) is 81.3 Å². The van der Waals surface area contributed by atoms with E-state index >= 15 is 0 Å². The second-order valence-electron chi connectivity index (χ2n) is 11.8. The standard InChI is InChI=1S/C32H40N6O2/c1-2-37-31(40)38(28-12-18-36(19-13-28)29-7-5-6-26(22-29)23-33)30(39)32(37)14-20-34(21-15-32)24-25-8-10-27(11-9-25)35-16-3-4-17-35/h5-11,22,28H,2-4,12-21,24H2,1H3. The van der Waals surface area contributed by atoms with Crippen LogP contribution in [0, 0.1) is 11.3 Å². The summed E-state index contributed by atoms with van der Waals surface area (Å²) in [6.07, 6.45) is 5.44. The Morgan fingerprint density at radius 2 is 1.55 bits per heavy atom. The Hall–Kier alpha value is -3.57. The molecule has 0 N–H and O–H groups in total. The normalized spacial score (nSPS) is 22.0. The van der Waals surface area contributed by atoms with Gasteiger partial charge in [0.25, 0.3) is 5.91 Å². The second-order valence-corrected chi connectivity index (χ2v) is 11.8. The number of carbonyl (C=O) groups is 2. The van der Waals surface area contributed by atoms with Crippen LogP contribution in [0.5, 0.6) is 0 Å². The fraction of sp³-hybridized carbons (Fsp3) is 0.531. The van der Waals surface area contributed by atoms with Gasteiger partial charge in [0.1, 0.15) is 5.54 Å². The third-order valence-electron chi connectivity index (χ3n) is 9.55. The molecule has 210 valence electrons.